The molecule has 1 aliphatic rings. The van der Waals surface area contributed by atoms with Crippen molar-refractivity contribution in [2.75, 3.05) is 25.0 Å². The van der Waals surface area contributed by atoms with Crippen molar-refractivity contribution in [1.82, 2.24) is 10.3 Å². The van der Waals surface area contributed by atoms with E-state index in [0.717, 1.165) is 32.0 Å². The third-order valence-corrected chi connectivity index (χ3v) is 3.64. The van der Waals surface area contributed by atoms with E-state index in [0.29, 0.717) is 16.4 Å². The van der Waals surface area contributed by atoms with E-state index in [1.165, 1.54) is 12.8 Å². The minimum absolute atomic E-state index is 0.418. The lowest BCUT2D eigenvalue weighted by atomic mass is 9.96. The van der Waals surface area contributed by atoms with Crippen LogP contribution in [0.2, 0.25) is 5.02 Å². The van der Waals surface area contributed by atoms with Crippen molar-refractivity contribution in [2.45, 2.75) is 19.3 Å². The lowest BCUT2D eigenvalue weighted by molar-refractivity contribution is 0.364. The van der Waals surface area contributed by atoms with Crippen LogP contribution in [0.3, 0.4) is 0 Å². The fraction of sp³-hybridized carbons (Fsp3) is 0.538. The molecule has 96 valence electrons. The minimum Gasteiger partial charge on any atom is -0.369 e. The molecule has 1 aromatic heterocycles. The smallest absolute Gasteiger partial charge is 0.146 e. The summed E-state index contributed by atoms with van der Waals surface area (Å²) in [4.78, 5) is 4.16. The summed E-state index contributed by atoms with van der Waals surface area (Å²) < 4.78 is 0. The van der Waals surface area contributed by atoms with E-state index in [-0.39, 0.29) is 0 Å². The second kappa shape index (κ2) is 6.58. The molecule has 1 atom stereocenters. The summed E-state index contributed by atoms with van der Waals surface area (Å²) in [5.74, 6) is 1.34. The van der Waals surface area contributed by atoms with Crippen LogP contribution in [0.5, 0.6) is 0 Å². The van der Waals surface area contributed by atoms with E-state index in [1.807, 2.05) is 0 Å². The molecule has 18 heavy (non-hydrogen) atoms. The standard InChI is InChI=1S/C13H17ClN4/c14-12-11(8-15)4-7-18-13(12)17-6-3-10-2-1-5-16-9-10/h4,7,10,16H,1-3,5-6,9H2,(H,17,18). The van der Waals surface area contributed by atoms with Crippen molar-refractivity contribution in [3.05, 3.63) is 22.8 Å². The highest BCUT2D eigenvalue weighted by Gasteiger charge is 2.13. The lowest BCUT2D eigenvalue weighted by Gasteiger charge is -2.22. The first kappa shape index (κ1) is 13.1. The second-order valence-electron chi connectivity index (χ2n) is 4.56. The molecule has 0 bridgehead atoms. The summed E-state index contributed by atoms with van der Waals surface area (Å²) in [5.41, 5.74) is 0.466. The van der Waals surface area contributed by atoms with Crippen molar-refractivity contribution >= 4 is 17.4 Å². The van der Waals surface area contributed by atoms with Gasteiger partial charge in [0.15, 0.2) is 0 Å². The summed E-state index contributed by atoms with van der Waals surface area (Å²) in [6.45, 7) is 3.08. The molecule has 1 fully saturated rings. The van der Waals surface area contributed by atoms with Crippen molar-refractivity contribution < 1.29 is 0 Å². The minimum atomic E-state index is 0.418. The predicted molar refractivity (Wildman–Crippen MR) is 72.7 cm³/mol. The zero-order valence-corrected chi connectivity index (χ0v) is 11.0. The monoisotopic (exact) mass is 264 g/mol. The zero-order chi connectivity index (χ0) is 12.8. The maximum atomic E-state index is 8.87. The summed E-state index contributed by atoms with van der Waals surface area (Å²) >= 11 is 6.07. The number of hydrogen-bond donors (Lipinski definition) is 2. The van der Waals surface area contributed by atoms with Gasteiger partial charge in [0.05, 0.1) is 5.56 Å². The highest BCUT2D eigenvalue weighted by atomic mass is 35.5. The van der Waals surface area contributed by atoms with Crippen LogP contribution in [0.1, 0.15) is 24.8 Å². The van der Waals surface area contributed by atoms with Crippen molar-refractivity contribution in [3.63, 3.8) is 0 Å². The number of nitriles is 1. The van der Waals surface area contributed by atoms with Gasteiger partial charge >= 0.3 is 0 Å². The topological polar surface area (TPSA) is 60.7 Å². The molecule has 0 aliphatic carbocycles. The highest BCUT2D eigenvalue weighted by molar-refractivity contribution is 6.34. The Kier molecular flexibility index (Phi) is 4.80. The number of hydrogen-bond acceptors (Lipinski definition) is 4. The second-order valence-corrected chi connectivity index (χ2v) is 4.94. The maximum absolute atomic E-state index is 8.87. The summed E-state index contributed by atoms with van der Waals surface area (Å²) in [6, 6.07) is 3.68. The molecule has 0 spiro atoms. The van der Waals surface area contributed by atoms with E-state index in [9.17, 15) is 0 Å². The normalized spacial score (nSPS) is 19.2. The Balaban J connectivity index is 1.84. The van der Waals surface area contributed by atoms with Gasteiger partial charge < -0.3 is 10.6 Å². The van der Waals surface area contributed by atoms with E-state index in [4.69, 9.17) is 16.9 Å². The number of piperidine rings is 1. The van der Waals surface area contributed by atoms with Crippen LogP contribution in [-0.4, -0.2) is 24.6 Å². The van der Waals surface area contributed by atoms with Crippen LogP contribution in [0.25, 0.3) is 0 Å². The van der Waals surface area contributed by atoms with E-state index >= 15 is 0 Å². The molecule has 5 heteroatoms. The highest BCUT2D eigenvalue weighted by Crippen LogP contribution is 2.23. The number of pyridine rings is 1. The third-order valence-electron chi connectivity index (χ3n) is 3.25. The van der Waals surface area contributed by atoms with Gasteiger partial charge in [0, 0.05) is 12.7 Å². The number of anilines is 1. The molecule has 1 aromatic rings. The molecular weight excluding hydrogens is 248 g/mol. The predicted octanol–water partition coefficient (Wildman–Crippen LogP) is 2.41. The first-order valence-electron chi connectivity index (χ1n) is 6.30. The van der Waals surface area contributed by atoms with Gasteiger partial charge in [-0.1, -0.05) is 11.6 Å². The van der Waals surface area contributed by atoms with Gasteiger partial charge in [0.2, 0.25) is 0 Å². The average molecular weight is 265 g/mol. The zero-order valence-electron chi connectivity index (χ0n) is 10.2. The molecule has 1 aliphatic heterocycles. The van der Waals surface area contributed by atoms with E-state index in [2.05, 4.69) is 21.7 Å². The molecule has 0 amide bonds. The van der Waals surface area contributed by atoms with Crippen LogP contribution in [0.15, 0.2) is 12.3 Å². The number of nitrogens with zero attached hydrogens (tertiary/aromatic N) is 2. The SMILES string of the molecule is N#Cc1ccnc(NCCC2CCCNC2)c1Cl. The van der Waals surface area contributed by atoms with Crippen LogP contribution in [-0.2, 0) is 0 Å². The first-order valence-corrected chi connectivity index (χ1v) is 6.68. The largest absolute Gasteiger partial charge is 0.369 e. The van der Waals surface area contributed by atoms with E-state index < -0.39 is 0 Å². The van der Waals surface area contributed by atoms with E-state index in [1.54, 1.807) is 12.3 Å². The Labute approximate surface area is 112 Å². The van der Waals surface area contributed by atoms with Crippen molar-refractivity contribution in [1.29, 1.82) is 5.26 Å². The molecule has 0 saturated carbocycles. The maximum Gasteiger partial charge on any atom is 0.146 e. The molecule has 4 nitrogen and oxygen atoms in total. The van der Waals surface area contributed by atoms with Gasteiger partial charge in [0.1, 0.15) is 16.9 Å². The number of halogens is 1. The molecule has 0 aromatic carbocycles. The Morgan fingerprint density at radius 2 is 2.50 bits per heavy atom. The van der Waals surface area contributed by atoms with Crippen LogP contribution in [0.4, 0.5) is 5.82 Å². The van der Waals surface area contributed by atoms with Gasteiger partial charge in [-0.15, -0.1) is 0 Å². The van der Waals surface area contributed by atoms with Gasteiger partial charge in [-0.25, -0.2) is 4.98 Å². The van der Waals surface area contributed by atoms with Crippen LogP contribution >= 0.6 is 11.6 Å². The molecule has 2 rings (SSSR count). The van der Waals surface area contributed by atoms with Crippen molar-refractivity contribution in [2.24, 2.45) is 5.92 Å². The number of aromatic nitrogens is 1. The average Bonchev–Trinajstić information content (AvgIpc) is 2.42. The van der Waals surface area contributed by atoms with Gasteiger partial charge in [-0.05, 0) is 44.3 Å². The van der Waals surface area contributed by atoms with Gasteiger partial charge in [-0.2, -0.15) is 5.26 Å². The number of nitrogens with one attached hydrogen (secondary N) is 2. The molecule has 0 radical (unpaired) electrons. The summed E-state index contributed by atoms with van der Waals surface area (Å²) in [7, 11) is 0. The Bertz CT molecular complexity index is 435. The molecule has 2 heterocycles. The summed E-state index contributed by atoms with van der Waals surface area (Å²) in [6.07, 6.45) is 5.25. The Morgan fingerprint density at radius 3 is 3.22 bits per heavy atom. The summed E-state index contributed by atoms with van der Waals surface area (Å²) in [5, 5.41) is 15.9. The van der Waals surface area contributed by atoms with Crippen LogP contribution < -0.4 is 10.6 Å². The lowest BCUT2D eigenvalue weighted by Crippen LogP contribution is -2.30. The Morgan fingerprint density at radius 1 is 1.61 bits per heavy atom. The van der Waals surface area contributed by atoms with Crippen molar-refractivity contribution in [3.8, 4) is 6.07 Å². The fourth-order valence-electron chi connectivity index (χ4n) is 2.22. The fourth-order valence-corrected chi connectivity index (χ4v) is 2.44. The molecule has 1 unspecified atom stereocenters. The molecule has 2 N–H and O–H groups in total. The Hall–Kier alpha value is -1.31. The van der Waals surface area contributed by atoms with Gasteiger partial charge in [0.25, 0.3) is 0 Å². The first-order chi connectivity index (χ1) is 8.81. The van der Waals surface area contributed by atoms with Gasteiger partial charge in [-0.3, -0.25) is 0 Å². The quantitative estimate of drug-likeness (QED) is 0.877. The number of rotatable bonds is 4. The van der Waals surface area contributed by atoms with Crippen LogP contribution in [0, 0.1) is 17.2 Å². The molecule has 1 saturated heterocycles. The molecular formula is C13H17ClN4. The third kappa shape index (κ3) is 3.34.